The van der Waals surface area contributed by atoms with Crippen LogP contribution in [0.25, 0.3) is 0 Å². The normalized spacial score (nSPS) is 16.8. The minimum Gasteiger partial charge on any atom is -0.480 e. The monoisotopic (exact) mass is 465 g/mol. The van der Waals surface area contributed by atoms with Gasteiger partial charge in [-0.05, 0) is 50.2 Å². The highest BCUT2D eigenvalue weighted by Gasteiger charge is 2.27. The number of nitrogens with one attached hydrogen (secondary N) is 3. The Labute approximate surface area is 195 Å². The van der Waals surface area contributed by atoms with Gasteiger partial charge in [-0.25, -0.2) is 14.4 Å². The van der Waals surface area contributed by atoms with E-state index in [2.05, 4.69) is 49.6 Å². The van der Waals surface area contributed by atoms with Gasteiger partial charge in [0.25, 0.3) is 5.91 Å². The van der Waals surface area contributed by atoms with Gasteiger partial charge in [0.2, 0.25) is 5.95 Å². The zero-order valence-electron chi connectivity index (χ0n) is 18.8. The molecule has 2 aliphatic rings. The lowest BCUT2D eigenvalue weighted by molar-refractivity contribution is -0.118. The summed E-state index contributed by atoms with van der Waals surface area (Å²) in [5.41, 5.74) is 1.67. The molecule has 0 atom stereocenters. The summed E-state index contributed by atoms with van der Waals surface area (Å²) < 4.78 is 25.4. The first-order valence-electron chi connectivity index (χ1n) is 10.8. The van der Waals surface area contributed by atoms with Crippen LogP contribution in [-0.4, -0.2) is 52.8 Å². The molecule has 0 saturated carbocycles. The van der Waals surface area contributed by atoms with Crippen molar-refractivity contribution in [3.63, 3.8) is 0 Å². The Balaban J connectivity index is 1.29. The maximum atomic E-state index is 14.4. The maximum Gasteiger partial charge on any atom is 0.263 e. The molecule has 0 unspecified atom stereocenters. The Morgan fingerprint density at radius 3 is 2.74 bits per heavy atom. The van der Waals surface area contributed by atoms with Crippen LogP contribution in [0.2, 0.25) is 0 Å². The van der Waals surface area contributed by atoms with E-state index in [1.54, 1.807) is 12.1 Å². The molecule has 0 radical (unpaired) electrons. The highest BCUT2D eigenvalue weighted by atomic mass is 19.1. The van der Waals surface area contributed by atoms with E-state index in [-0.39, 0.29) is 35.7 Å². The molecule has 5 rings (SSSR count). The van der Waals surface area contributed by atoms with Crippen LogP contribution in [-0.2, 0) is 9.53 Å². The van der Waals surface area contributed by atoms with Gasteiger partial charge in [-0.3, -0.25) is 4.79 Å². The zero-order valence-corrected chi connectivity index (χ0v) is 18.8. The Bertz CT molecular complexity index is 1220. The summed E-state index contributed by atoms with van der Waals surface area (Å²) in [5, 5.41) is 8.52. The minimum absolute atomic E-state index is 0.0554. The van der Waals surface area contributed by atoms with Crippen molar-refractivity contribution in [1.82, 2.24) is 15.0 Å². The van der Waals surface area contributed by atoms with Crippen LogP contribution in [0.1, 0.15) is 13.8 Å². The highest BCUT2D eigenvalue weighted by molar-refractivity contribution is 5.94. The number of pyridine rings is 1. The first kappa shape index (κ1) is 21.8. The van der Waals surface area contributed by atoms with Gasteiger partial charge in [0.15, 0.2) is 29.8 Å². The van der Waals surface area contributed by atoms with Crippen LogP contribution in [0, 0.1) is 5.82 Å². The minimum atomic E-state index is -0.643. The molecule has 3 aromatic rings. The topological polar surface area (TPSA) is 114 Å². The van der Waals surface area contributed by atoms with Crippen LogP contribution in [0.4, 0.5) is 39.2 Å². The molecule has 11 heteroatoms. The molecule has 0 bridgehead atoms. The molecule has 3 N–H and O–H groups in total. The van der Waals surface area contributed by atoms with Gasteiger partial charge in [0.05, 0.1) is 18.4 Å². The Hall–Kier alpha value is -3.99. The maximum absolute atomic E-state index is 14.4. The van der Waals surface area contributed by atoms with Crippen molar-refractivity contribution in [3.8, 4) is 5.75 Å². The van der Waals surface area contributed by atoms with Crippen molar-refractivity contribution in [2.75, 3.05) is 47.2 Å². The van der Waals surface area contributed by atoms with Gasteiger partial charge in [0, 0.05) is 24.5 Å². The van der Waals surface area contributed by atoms with Crippen LogP contribution in [0.3, 0.4) is 0 Å². The second kappa shape index (κ2) is 8.75. The van der Waals surface area contributed by atoms with Gasteiger partial charge < -0.3 is 30.3 Å². The predicted molar refractivity (Wildman–Crippen MR) is 126 cm³/mol. The molecule has 176 valence electrons. The van der Waals surface area contributed by atoms with E-state index in [0.717, 1.165) is 30.7 Å². The average Bonchev–Trinajstić information content (AvgIpc) is 2.81. The number of morpholine rings is 1. The molecule has 4 heterocycles. The predicted octanol–water partition coefficient (Wildman–Crippen LogP) is 3.44. The molecule has 0 spiro atoms. The van der Waals surface area contributed by atoms with Crippen molar-refractivity contribution in [2.45, 2.75) is 19.4 Å². The molecule has 1 fully saturated rings. The highest BCUT2D eigenvalue weighted by Crippen LogP contribution is 2.29. The Kier molecular flexibility index (Phi) is 5.62. The van der Waals surface area contributed by atoms with Crippen LogP contribution in [0.15, 0.2) is 42.6 Å². The third kappa shape index (κ3) is 4.84. The van der Waals surface area contributed by atoms with Crippen LogP contribution in [0.5, 0.6) is 5.75 Å². The lowest BCUT2D eigenvalue weighted by Crippen LogP contribution is -2.48. The molecule has 1 saturated heterocycles. The molecular formula is C23H24FN7O3. The van der Waals surface area contributed by atoms with E-state index < -0.39 is 5.82 Å². The number of nitrogens with zero attached hydrogens (tertiary/aromatic N) is 4. The quantitative estimate of drug-likeness (QED) is 0.521. The molecule has 10 nitrogen and oxygen atoms in total. The number of rotatable bonds is 5. The number of anilines is 6. The first-order valence-corrected chi connectivity index (χ1v) is 10.8. The number of hydrogen-bond donors (Lipinski definition) is 3. The lowest BCUT2D eigenvalue weighted by atomic mass is 10.1. The molecular weight excluding hydrogens is 441 g/mol. The zero-order chi connectivity index (χ0) is 23.7. The van der Waals surface area contributed by atoms with E-state index in [1.165, 1.54) is 0 Å². The molecule has 2 aromatic heterocycles. The second-order valence-electron chi connectivity index (χ2n) is 8.60. The van der Waals surface area contributed by atoms with E-state index in [1.807, 2.05) is 24.3 Å². The number of amides is 1. The number of fused-ring (bicyclic) bond motifs is 1. The summed E-state index contributed by atoms with van der Waals surface area (Å²) in [6.45, 7) is 6.42. The van der Waals surface area contributed by atoms with Crippen LogP contribution >= 0.6 is 0 Å². The van der Waals surface area contributed by atoms with Crippen molar-refractivity contribution in [1.29, 1.82) is 0 Å². The molecule has 0 aliphatic carbocycles. The summed E-state index contributed by atoms with van der Waals surface area (Å²) in [5.74, 6) is 0.221. The van der Waals surface area contributed by atoms with Crippen molar-refractivity contribution in [2.24, 2.45) is 0 Å². The summed E-state index contributed by atoms with van der Waals surface area (Å²) >= 11 is 0. The summed E-state index contributed by atoms with van der Waals surface area (Å²) in [6.07, 6.45) is 1.07. The van der Waals surface area contributed by atoms with E-state index >= 15 is 0 Å². The van der Waals surface area contributed by atoms with E-state index in [4.69, 9.17) is 9.47 Å². The third-order valence-corrected chi connectivity index (χ3v) is 5.38. The third-order valence-electron chi connectivity index (χ3n) is 5.38. The van der Waals surface area contributed by atoms with E-state index in [9.17, 15) is 9.18 Å². The van der Waals surface area contributed by atoms with Crippen LogP contribution < -0.4 is 25.6 Å². The van der Waals surface area contributed by atoms with Gasteiger partial charge in [-0.15, -0.1) is 0 Å². The number of carbonyl (C=O) groups excluding carboxylic acids is 1. The summed E-state index contributed by atoms with van der Waals surface area (Å²) in [6, 6.07) is 11.1. The van der Waals surface area contributed by atoms with Crippen molar-refractivity contribution < 1.29 is 18.7 Å². The van der Waals surface area contributed by atoms with E-state index in [0.29, 0.717) is 18.2 Å². The van der Waals surface area contributed by atoms with Gasteiger partial charge in [-0.1, -0.05) is 0 Å². The summed E-state index contributed by atoms with van der Waals surface area (Å²) in [7, 11) is 0. The number of carbonyl (C=O) groups is 1. The summed E-state index contributed by atoms with van der Waals surface area (Å²) in [4.78, 5) is 26.3. The second-order valence-corrected chi connectivity index (χ2v) is 8.60. The Morgan fingerprint density at radius 2 is 1.94 bits per heavy atom. The fraction of sp³-hybridized carbons (Fsp3) is 0.304. The van der Waals surface area contributed by atoms with Crippen molar-refractivity contribution in [3.05, 3.63) is 48.4 Å². The van der Waals surface area contributed by atoms with Gasteiger partial charge in [-0.2, -0.15) is 4.98 Å². The largest absolute Gasteiger partial charge is 0.480 e. The SMILES string of the molecule is CC1(C)CN(c2ccc(Nc3ncc(F)c(Nc4ccc5c(n4)NC(=O)CO5)n3)cc2)CCO1. The Morgan fingerprint density at radius 1 is 1.12 bits per heavy atom. The lowest BCUT2D eigenvalue weighted by Gasteiger charge is -2.39. The number of ether oxygens (including phenoxy) is 2. The average molecular weight is 465 g/mol. The van der Waals surface area contributed by atoms with Gasteiger partial charge in [0.1, 0.15) is 5.82 Å². The number of benzene rings is 1. The number of halogens is 1. The standard InChI is InChI=1S/C23H24FN7O3/c1-23(2)13-31(9-10-34-23)15-5-3-14(4-6-15)26-22-25-11-16(24)20(30-22)27-18-8-7-17-21(28-18)29-19(32)12-33-17/h3-8,11H,9-10,12-13H2,1-2H3,(H3,25,26,27,28,29,30,32). The van der Waals surface area contributed by atoms with Gasteiger partial charge >= 0.3 is 0 Å². The first-order chi connectivity index (χ1) is 16.3. The molecule has 2 aliphatic heterocycles. The number of hydrogen-bond acceptors (Lipinski definition) is 9. The molecule has 1 aromatic carbocycles. The number of aromatic nitrogens is 3. The molecule has 34 heavy (non-hydrogen) atoms. The smallest absolute Gasteiger partial charge is 0.263 e. The fourth-order valence-electron chi connectivity index (χ4n) is 3.79. The van der Waals surface area contributed by atoms with Crippen molar-refractivity contribution >= 4 is 40.7 Å². The fourth-order valence-corrected chi connectivity index (χ4v) is 3.79. The molecule has 1 amide bonds.